The fraction of sp³-hybridized carbons (Fsp3) is 0.767. The molecule has 3 fully saturated rings. The van der Waals surface area contributed by atoms with E-state index in [0.29, 0.717) is 22.7 Å². The largest absolute Gasteiger partial charge is 0.462 e. The molecule has 0 aliphatic heterocycles. The third-order valence-corrected chi connectivity index (χ3v) is 9.00. The average molecular weight is 441 g/mol. The second-order valence-corrected chi connectivity index (χ2v) is 12.6. The Bertz CT molecular complexity index is 749. The maximum Gasteiger partial charge on any atom is 0.302 e. The molecular formula is C30H48O2. The summed E-state index contributed by atoms with van der Waals surface area (Å²) in [7, 11) is 0. The Labute approximate surface area is 198 Å². The molecule has 0 aromatic rings. The fourth-order valence-corrected chi connectivity index (χ4v) is 6.59. The summed E-state index contributed by atoms with van der Waals surface area (Å²) in [5, 5.41) is 0. The van der Waals surface area contributed by atoms with E-state index in [4.69, 9.17) is 4.74 Å². The van der Waals surface area contributed by atoms with E-state index in [-0.39, 0.29) is 12.1 Å². The zero-order valence-electron chi connectivity index (χ0n) is 21.9. The lowest BCUT2D eigenvalue weighted by molar-refractivity contribution is -0.147. The Kier molecular flexibility index (Phi) is 8.16. The van der Waals surface area contributed by atoms with Crippen molar-refractivity contribution in [1.29, 1.82) is 0 Å². The van der Waals surface area contributed by atoms with Gasteiger partial charge in [0.05, 0.1) is 0 Å². The number of carbonyl (C=O) groups is 1. The summed E-state index contributed by atoms with van der Waals surface area (Å²) < 4.78 is 5.55. The molecule has 3 saturated carbocycles. The molecule has 3 aliphatic rings. The standard InChI is InChI=1S/C30H48O2/c1-21-18-24(20-27(19-21)32-23(3)31)13-14-25-11-9-17-30(7)26(15-16-28(25)30)12-8-10-22(2)29(4,5)6/h8,10,13-14,21-22,26-28H,9,11-12,15-20H2,1-7H3/b10-8+,24-13-,25-14+/t21-,22+,26+,27+,28+,30-/m1/s1. The molecule has 3 rings (SSSR count). The number of esters is 1. The Morgan fingerprint density at radius 2 is 1.97 bits per heavy atom. The van der Waals surface area contributed by atoms with Crippen molar-refractivity contribution < 1.29 is 9.53 Å². The first-order chi connectivity index (χ1) is 15.0. The smallest absolute Gasteiger partial charge is 0.302 e. The average Bonchev–Trinajstić information content (AvgIpc) is 3.01. The van der Waals surface area contributed by atoms with Crippen LogP contribution in [0.2, 0.25) is 0 Å². The number of allylic oxidation sites excluding steroid dienone is 5. The van der Waals surface area contributed by atoms with Crippen molar-refractivity contribution in [3.8, 4) is 0 Å². The van der Waals surface area contributed by atoms with Crippen LogP contribution in [0, 0.1) is 34.5 Å². The molecule has 0 spiro atoms. The first kappa shape index (κ1) is 25.3. The zero-order valence-corrected chi connectivity index (χ0v) is 21.9. The van der Waals surface area contributed by atoms with Gasteiger partial charge >= 0.3 is 5.97 Å². The highest BCUT2D eigenvalue weighted by Crippen LogP contribution is 2.58. The Morgan fingerprint density at radius 3 is 2.66 bits per heavy atom. The van der Waals surface area contributed by atoms with Gasteiger partial charge in [0.15, 0.2) is 0 Å². The molecule has 0 amide bonds. The van der Waals surface area contributed by atoms with Gasteiger partial charge < -0.3 is 4.74 Å². The van der Waals surface area contributed by atoms with Crippen LogP contribution in [0.4, 0.5) is 0 Å². The van der Waals surface area contributed by atoms with Gasteiger partial charge in [0.25, 0.3) is 0 Å². The van der Waals surface area contributed by atoms with Gasteiger partial charge in [0, 0.05) is 13.3 Å². The van der Waals surface area contributed by atoms with E-state index >= 15 is 0 Å². The Balaban J connectivity index is 1.67. The highest BCUT2D eigenvalue weighted by atomic mass is 16.5. The molecule has 32 heavy (non-hydrogen) atoms. The predicted octanol–water partition coefficient (Wildman–Crippen LogP) is 8.44. The topological polar surface area (TPSA) is 26.3 Å². The van der Waals surface area contributed by atoms with E-state index in [1.165, 1.54) is 51.0 Å². The maximum atomic E-state index is 11.4. The molecule has 2 nitrogen and oxygen atoms in total. The minimum Gasteiger partial charge on any atom is -0.462 e. The molecule has 0 aromatic heterocycles. The Hall–Kier alpha value is -1.31. The second kappa shape index (κ2) is 10.3. The lowest BCUT2D eigenvalue weighted by atomic mass is 9.63. The summed E-state index contributed by atoms with van der Waals surface area (Å²) in [6.45, 7) is 15.8. The second-order valence-electron chi connectivity index (χ2n) is 12.6. The molecule has 0 bridgehead atoms. The van der Waals surface area contributed by atoms with E-state index in [2.05, 4.69) is 65.8 Å². The molecule has 0 radical (unpaired) electrons. The van der Waals surface area contributed by atoms with E-state index in [1.807, 2.05) is 0 Å². The molecule has 0 N–H and O–H groups in total. The molecule has 3 aliphatic carbocycles. The predicted molar refractivity (Wildman–Crippen MR) is 135 cm³/mol. The SMILES string of the molecule is CC(=O)O[C@@H]1C/C(=C\C=C2/CCC[C@]3(C)[C@@H](C/C=C/[C@H](C)C(C)(C)C)CC[C@@H]23)C[C@@H](C)C1. The molecule has 2 heteroatoms. The van der Waals surface area contributed by atoms with Crippen molar-refractivity contribution in [3.05, 3.63) is 35.5 Å². The first-order valence-corrected chi connectivity index (χ1v) is 13.2. The third-order valence-electron chi connectivity index (χ3n) is 9.00. The van der Waals surface area contributed by atoms with Crippen LogP contribution in [0.15, 0.2) is 35.5 Å². The van der Waals surface area contributed by atoms with Crippen molar-refractivity contribution in [3.63, 3.8) is 0 Å². The van der Waals surface area contributed by atoms with Crippen LogP contribution in [0.1, 0.15) is 106 Å². The van der Waals surface area contributed by atoms with Crippen LogP contribution >= 0.6 is 0 Å². The monoisotopic (exact) mass is 440 g/mol. The van der Waals surface area contributed by atoms with Crippen LogP contribution in [-0.2, 0) is 9.53 Å². The maximum absolute atomic E-state index is 11.4. The van der Waals surface area contributed by atoms with Crippen LogP contribution in [-0.4, -0.2) is 12.1 Å². The number of hydrogen-bond donors (Lipinski definition) is 0. The number of carbonyl (C=O) groups excluding carboxylic acids is 1. The van der Waals surface area contributed by atoms with Crippen molar-refractivity contribution >= 4 is 5.97 Å². The zero-order chi connectivity index (χ0) is 23.5. The van der Waals surface area contributed by atoms with Gasteiger partial charge in [-0.15, -0.1) is 0 Å². The summed E-state index contributed by atoms with van der Waals surface area (Å²) in [6.07, 6.45) is 20.9. The van der Waals surface area contributed by atoms with Gasteiger partial charge in [-0.05, 0) is 85.9 Å². The third kappa shape index (κ3) is 6.17. The lowest BCUT2D eigenvalue weighted by Crippen LogP contribution is -2.33. The fourth-order valence-electron chi connectivity index (χ4n) is 6.59. The number of fused-ring (bicyclic) bond motifs is 1. The van der Waals surface area contributed by atoms with Crippen molar-refractivity contribution in [2.75, 3.05) is 0 Å². The van der Waals surface area contributed by atoms with Gasteiger partial charge in [-0.25, -0.2) is 0 Å². The van der Waals surface area contributed by atoms with Gasteiger partial charge in [0.1, 0.15) is 6.10 Å². The summed E-state index contributed by atoms with van der Waals surface area (Å²) in [5.74, 6) is 2.63. The van der Waals surface area contributed by atoms with Crippen LogP contribution < -0.4 is 0 Å². The van der Waals surface area contributed by atoms with Crippen LogP contribution in [0.5, 0.6) is 0 Å². The highest BCUT2D eigenvalue weighted by molar-refractivity contribution is 5.66. The molecule has 6 atom stereocenters. The normalized spacial score (nSPS) is 37.1. The summed E-state index contributed by atoms with van der Waals surface area (Å²) in [6, 6.07) is 0. The van der Waals surface area contributed by atoms with Gasteiger partial charge in [-0.2, -0.15) is 0 Å². The molecule has 180 valence electrons. The van der Waals surface area contributed by atoms with Crippen molar-refractivity contribution in [1.82, 2.24) is 0 Å². The molecule has 0 aromatic carbocycles. The van der Waals surface area contributed by atoms with Crippen molar-refractivity contribution in [2.24, 2.45) is 34.5 Å². The Morgan fingerprint density at radius 1 is 1.22 bits per heavy atom. The summed E-state index contributed by atoms with van der Waals surface area (Å²) in [4.78, 5) is 11.4. The summed E-state index contributed by atoms with van der Waals surface area (Å²) >= 11 is 0. The highest BCUT2D eigenvalue weighted by Gasteiger charge is 2.48. The van der Waals surface area contributed by atoms with E-state index in [1.54, 1.807) is 5.57 Å². The van der Waals surface area contributed by atoms with Gasteiger partial charge in [0.2, 0.25) is 0 Å². The minimum atomic E-state index is -0.146. The van der Waals surface area contributed by atoms with Gasteiger partial charge in [-0.1, -0.05) is 77.0 Å². The van der Waals surface area contributed by atoms with Crippen LogP contribution in [0.3, 0.4) is 0 Å². The quantitative estimate of drug-likeness (QED) is 0.317. The van der Waals surface area contributed by atoms with Crippen molar-refractivity contribution in [2.45, 2.75) is 112 Å². The molecule has 0 saturated heterocycles. The summed E-state index contributed by atoms with van der Waals surface area (Å²) in [5.41, 5.74) is 3.95. The molecule has 0 heterocycles. The molecule has 0 unspecified atom stereocenters. The number of hydrogen-bond acceptors (Lipinski definition) is 2. The van der Waals surface area contributed by atoms with E-state index < -0.39 is 0 Å². The number of ether oxygens (including phenoxy) is 1. The van der Waals surface area contributed by atoms with E-state index in [9.17, 15) is 4.79 Å². The van der Waals surface area contributed by atoms with Crippen LogP contribution in [0.25, 0.3) is 0 Å². The van der Waals surface area contributed by atoms with E-state index in [0.717, 1.165) is 31.1 Å². The molecular weight excluding hydrogens is 392 g/mol. The minimum absolute atomic E-state index is 0.0654. The first-order valence-electron chi connectivity index (χ1n) is 13.2. The van der Waals surface area contributed by atoms with Gasteiger partial charge in [-0.3, -0.25) is 4.79 Å². The lowest BCUT2D eigenvalue weighted by Gasteiger charge is -2.42. The number of rotatable bonds is 5.